The average molecular weight is 204 g/mol. The predicted octanol–water partition coefficient (Wildman–Crippen LogP) is 1.86. The van der Waals surface area contributed by atoms with Gasteiger partial charge in [0.15, 0.2) is 0 Å². The van der Waals surface area contributed by atoms with E-state index in [1.807, 2.05) is 0 Å². The van der Waals surface area contributed by atoms with E-state index in [9.17, 15) is 9.50 Å². The second-order valence-electron chi connectivity index (χ2n) is 2.76. The minimum Gasteiger partial charge on any atom is -0.388 e. The molecule has 0 aliphatic rings. The zero-order valence-electron chi connectivity index (χ0n) is 7.00. The molecule has 1 atom stereocenters. The number of hydrogen-bond acceptors (Lipinski definition) is 2. The van der Waals surface area contributed by atoms with Crippen LogP contribution in [-0.4, -0.2) is 11.7 Å². The van der Waals surface area contributed by atoms with Crippen LogP contribution in [0.1, 0.15) is 18.1 Å². The Bertz CT molecular complexity index is 293. The van der Waals surface area contributed by atoms with Crippen LogP contribution in [0, 0.1) is 5.82 Å². The van der Waals surface area contributed by atoms with E-state index >= 15 is 0 Å². The van der Waals surface area contributed by atoms with E-state index in [1.54, 1.807) is 0 Å². The third-order valence-corrected chi connectivity index (χ3v) is 2.09. The largest absolute Gasteiger partial charge is 0.388 e. The highest BCUT2D eigenvalue weighted by Crippen LogP contribution is 2.25. The Hall–Kier alpha value is -0.640. The van der Waals surface area contributed by atoms with Crippen LogP contribution >= 0.6 is 11.6 Å². The van der Waals surface area contributed by atoms with Crippen molar-refractivity contribution < 1.29 is 9.50 Å². The molecule has 0 saturated carbocycles. The van der Waals surface area contributed by atoms with Crippen molar-refractivity contribution in [2.75, 3.05) is 6.54 Å². The van der Waals surface area contributed by atoms with Gasteiger partial charge in [-0.1, -0.05) is 17.7 Å². The number of halogens is 2. The molecule has 72 valence electrons. The molecule has 0 bridgehead atoms. The van der Waals surface area contributed by atoms with Crippen molar-refractivity contribution in [2.24, 2.45) is 5.73 Å². The number of benzene rings is 1. The van der Waals surface area contributed by atoms with Gasteiger partial charge in [-0.05, 0) is 30.7 Å². The Morgan fingerprint density at radius 2 is 2.23 bits per heavy atom. The highest BCUT2D eigenvalue weighted by Gasteiger charge is 2.10. The highest BCUT2D eigenvalue weighted by molar-refractivity contribution is 6.31. The minimum absolute atomic E-state index is 0.237. The van der Waals surface area contributed by atoms with E-state index in [2.05, 4.69) is 0 Å². The molecular formula is C9H11ClFNO. The van der Waals surface area contributed by atoms with Crippen LogP contribution < -0.4 is 5.73 Å². The molecule has 0 heterocycles. The molecule has 1 aromatic rings. The summed E-state index contributed by atoms with van der Waals surface area (Å²) in [5.74, 6) is -0.409. The lowest BCUT2D eigenvalue weighted by Gasteiger charge is -2.10. The monoisotopic (exact) mass is 203 g/mol. The molecule has 0 aliphatic heterocycles. The van der Waals surface area contributed by atoms with Gasteiger partial charge >= 0.3 is 0 Å². The summed E-state index contributed by atoms with van der Waals surface area (Å²) in [7, 11) is 0. The van der Waals surface area contributed by atoms with E-state index in [4.69, 9.17) is 17.3 Å². The molecule has 1 aromatic carbocycles. The van der Waals surface area contributed by atoms with Crippen LogP contribution in [0.3, 0.4) is 0 Å². The molecule has 1 rings (SSSR count). The van der Waals surface area contributed by atoms with Crippen molar-refractivity contribution in [3.63, 3.8) is 0 Å². The summed E-state index contributed by atoms with van der Waals surface area (Å²) in [6.07, 6.45) is -0.288. The van der Waals surface area contributed by atoms with Crippen LogP contribution in [0.5, 0.6) is 0 Å². The van der Waals surface area contributed by atoms with Gasteiger partial charge in [-0.2, -0.15) is 0 Å². The first-order valence-corrected chi connectivity index (χ1v) is 4.36. The third-order valence-electron chi connectivity index (χ3n) is 1.76. The molecule has 4 heteroatoms. The number of aliphatic hydroxyl groups is 1. The topological polar surface area (TPSA) is 46.2 Å². The van der Waals surface area contributed by atoms with Crippen LogP contribution in [-0.2, 0) is 0 Å². The second kappa shape index (κ2) is 4.56. The van der Waals surface area contributed by atoms with Gasteiger partial charge in [0.1, 0.15) is 5.82 Å². The molecule has 0 aromatic heterocycles. The normalized spacial score (nSPS) is 12.9. The number of hydrogen-bond donors (Lipinski definition) is 2. The summed E-state index contributed by atoms with van der Waals surface area (Å²) in [6, 6.07) is 3.91. The van der Waals surface area contributed by atoms with Crippen LogP contribution in [0.2, 0.25) is 5.02 Å². The van der Waals surface area contributed by atoms with Gasteiger partial charge in [-0.15, -0.1) is 0 Å². The molecule has 0 fully saturated rings. The lowest BCUT2D eigenvalue weighted by molar-refractivity contribution is 0.170. The molecule has 0 radical (unpaired) electrons. The van der Waals surface area contributed by atoms with Crippen molar-refractivity contribution in [3.05, 3.63) is 34.6 Å². The lowest BCUT2D eigenvalue weighted by Crippen LogP contribution is -2.07. The standard InChI is InChI=1S/C9H11ClFNO/c10-8-5-6(11)1-2-7(8)9(13)3-4-12/h1-2,5,9,13H,3-4,12H2/t9-/m0/s1. The minimum atomic E-state index is -0.710. The van der Waals surface area contributed by atoms with E-state index in [0.717, 1.165) is 0 Å². The molecule has 13 heavy (non-hydrogen) atoms. The summed E-state index contributed by atoms with van der Waals surface area (Å²) >= 11 is 5.72. The van der Waals surface area contributed by atoms with Crippen molar-refractivity contribution in [1.29, 1.82) is 0 Å². The Morgan fingerprint density at radius 3 is 2.77 bits per heavy atom. The van der Waals surface area contributed by atoms with Gasteiger partial charge in [-0.3, -0.25) is 0 Å². The smallest absolute Gasteiger partial charge is 0.124 e. The van der Waals surface area contributed by atoms with Gasteiger partial charge in [-0.25, -0.2) is 4.39 Å². The Kier molecular flexibility index (Phi) is 3.66. The van der Waals surface area contributed by atoms with Gasteiger partial charge in [0, 0.05) is 5.02 Å². The third kappa shape index (κ3) is 2.66. The summed E-state index contributed by atoms with van der Waals surface area (Å²) in [4.78, 5) is 0. The highest BCUT2D eigenvalue weighted by atomic mass is 35.5. The molecule has 0 aliphatic carbocycles. The van der Waals surface area contributed by atoms with E-state index in [1.165, 1.54) is 18.2 Å². The van der Waals surface area contributed by atoms with Gasteiger partial charge in [0.25, 0.3) is 0 Å². The zero-order valence-corrected chi connectivity index (χ0v) is 7.76. The molecule has 0 spiro atoms. The van der Waals surface area contributed by atoms with Crippen molar-refractivity contribution in [2.45, 2.75) is 12.5 Å². The lowest BCUT2D eigenvalue weighted by atomic mass is 10.1. The van der Waals surface area contributed by atoms with Crippen molar-refractivity contribution >= 4 is 11.6 Å². The Balaban J connectivity index is 2.88. The molecule has 0 unspecified atom stereocenters. The maximum absolute atomic E-state index is 12.6. The van der Waals surface area contributed by atoms with Crippen LogP contribution in [0.4, 0.5) is 4.39 Å². The fourth-order valence-corrected chi connectivity index (χ4v) is 1.38. The van der Waals surface area contributed by atoms with Crippen LogP contribution in [0.25, 0.3) is 0 Å². The molecule has 0 amide bonds. The Labute approximate surface area is 81.1 Å². The van der Waals surface area contributed by atoms with Crippen molar-refractivity contribution in [3.8, 4) is 0 Å². The zero-order chi connectivity index (χ0) is 9.84. The van der Waals surface area contributed by atoms with Gasteiger partial charge in [0.2, 0.25) is 0 Å². The number of aliphatic hydroxyl groups excluding tert-OH is 1. The number of nitrogens with two attached hydrogens (primary N) is 1. The SMILES string of the molecule is NCC[C@H](O)c1ccc(F)cc1Cl. The van der Waals surface area contributed by atoms with E-state index < -0.39 is 11.9 Å². The quantitative estimate of drug-likeness (QED) is 0.788. The summed E-state index contributed by atoms with van der Waals surface area (Å²) in [5, 5.41) is 9.74. The predicted molar refractivity (Wildman–Crippen MR) is 50.0 cm³/mol. The second-order valence-corrected chi connectivity index (χ2v) is 3.17. The first kappa shape index (κ1) is 10.4. The molecule has 2 nitrogen and oxygen atoms in total. The maximum Gasteiger partial charge on any atom is 0.124 e. The average Bonchev–Trinajstić information content (AvgIpc) is 2.04. The molecular weight excluding hydrogens is 193 g/mol. The van der Waals surface area contributed by atoms with Gasteiger partial charge in [0.05, 0.1) is 6.10 Å². The van der Waals surface area contributed by atoms with E-state index in [-0.39, 0.29) is 5.02 Å². The Morgan fingerprint density at radius 1 is 1.54 bits per heavy atom. The van der Waals surface area contributed by atoms with Crippen molar-refractivity contribution in [1.82, 2.24) is 0 Å². The number of rotatable bonds is 3. The molecule has 0 saturated heterocycles. The first-order valence-electron chi connectivity index (χ1n) is 3.98. The fraction of sp³-hybridized carbons (Fsp3) is 0.333. The first-order chi connectivity index (χ1) is 6.15. The summed E-state index contributed by atoms with van der Waals surface area (Å²) in [5.41, 5.74) is 5.79. The van der Waals surface area contributed by atoms with Crippen LogP contribution in [0.15, 0.2) is 18.2 Å². The summed E-state index contributed by atoms with van der Waals surface area (Å²) < 4.78 is 12.6. The fourth-order valence-electron chi connectivity index (χ4n) is 1.09. The summed E-state index contributed by atoms with van der Waals surface area (Å²) in [6.45, 7) is 0.370. The molecule has 3 N–H and O–H groups in total. The maximum atomic E-state index is 12.6. The van der Waals surface area contributed by atoms with Gasteiger partial charge < -0.3 is 10.8 Å². The van der Waals surface area contributed by atoms with E-state index in [0.29, 0.717) is 18.5 Å².